The largest absolute Gasteiger partial charge is 0.460 e. The van der Waals surface area contributed by atoms with Gasteiger partial charge in [0.25, 0.3) is 0 Å². The van der Waals surface area contributed by atoms with Gasteiger partial charge >= 0.3 is 5.97 Å². The average molecular weight is 213 g/mol. The van der Waals surface area contributed by atoms with Crippen molar-refractivity contribution in [2.75, 3.05) is 13.1 Å². The topological polar surface area (TPSA) is 46.6 Å². The van der Waals surface area contributed by atoms with E-state index in [-0.39, 0.29) is 11.9 Å². The summed E-state index contributed by atoms with van der Waals surface area (Å²) in [5.74, 6) is -0.0826. The predicted molar refractivity (Wildman–Crippen MR) is 56.3 cm³/mol. The minimum atomic E-state index is -0.438. The highest BCUT2D eigenvalue weighted by Gasteiger charge is 2.22. The molecule has 0 spiro atoms. The Kier molecular flexibility index (Phi) is 3.72. The van der Waals surface area contributed by atoms with Crippen LogP contribution in [0.4, 0.5) is 0 Å². The van der Waals surface area contributed by atoms with Gasteiger partial charge in [-0.15, -0.1) is 0 Å². The number of carbonyl (C=O) groups is 2. The third kappa shape index (κ3) is 4.32. The standard InChI is InChI=1S/C11H19NO3/c1-11(2,3)15-10(14)6-8-12-7-4-5-9(12)13/h4-8H2,1-3H3. The highest BCUT2D eigenvalue weighted by molar-refractivity contribution is 5.79. The van der Waals surface area contributed by atoms with Crippen molar-refractivity contribution in [3.8, 4) is 0 Å². The molecule has 1 saturated heterocycles. The fraction of sp³-hybridized carbons (Fsp3) is 0.818. The summed E-state index contributed by atoms with van der Waals surface area (Å²) in [6, 6.07) is 0. The molecule has 0 aromatic rings. The van der Waals surface area contributed by atoms with Gasteiger partial charge < -0.3 is 9.64 Å². The summed E-state index contributed by atoms with van der Waals surface area (Å²) in [5, 5.41) is 0. The van der Waals surface area contributed by atoms with E-state index in [1.165, 1.54) is 0 Å². The van der Waals surface area contributed by atoms with Crippen molar-refractivity contribution in [1.29, 1.82) is 0 Å². The molecule has 0 atom stereocenters. The molecule has 0 saturated carbocycles. The Morgan fingerprint density at radius 3 is 2.60 bits per heavy atom. The van der Waals surface area contributed by atoms with E-state index < -0.39 is 5.60 Å². The van der Waals surface area contributed by atoms with Crippen LogP contribution in [0.25, 0.3) is 0 Å². The van der Waals surface area contributed by atoms with E-state index in [4.69, 9.17) is 4.74 Å². The van der Waals surface area contributed by atoms with Crippen LogP contribution in [0.2, 0.25) is 0 Å². The molecule has 15 heavy (non-hydrogen) atoms. The summed E-state index contributed by atoms with van der Waals surface area (Å²) in [6.07, 6.45) is 1.82. The summed E-state index contributed by atoms with van der Waals surface area (Å²) in [7, 11) is 0. The molecule has 86 valence electrons. The summed E-state index contributed by atoms with van der Waals surface area (Å²) < 4.78 is 5.16. The van der Waals surface area contributed by atoms with Crippen molar-refractivity contribution in [2.45, 2.75) is 45.6 Å². The molecule has 4 heteroatoms. The van der Waals surface area contributed by atoms with Crippen molar-refractivity contribution >= 4 is 11.9 Å². The number of hydrogen-bond donors (Lipinski definition) is 0. The molecule has 0 aliphatic carbocycles. The molecule has 1 aliphatic heterocycles. The van der Waals surface area contributed by atoms with Crippen LogP contribution in [0.1, 0.15) is 40.0 Å². The van der Waals surface area contributed by atoms with Gasteiger partial charge in [0.1, 0.15) is 5.60 Å². The Bertz CT molecular complexity index is 255. The van der Waals surface area contributed by atoms with E-state index in [9.17, 15) is 9.59 Å². The van der Waals surface area contributed by atoms with Crippen LogP contribution in [-0.2, 0) is 14.3 Å². The van der Waals surface area contributed by atoms with Gasteiger partial charge in [-0.05, 0) is 27.2 Å². The maximum atomic E-state index is 11.4. The van der Waals surface area contributed by atoms with Gasteiger partial charge in [0, 0.05) is 19.5 Å². The number of esters is 1. The van der Waals surface area contributed by atoms with Gasteiger partial charge in [0.2, 0.25) is 5.91 Å². The van der Waals surface area contributed by atoms with E-state index in [0.717, 1.165) is 13.0 Å². The lowest BCUT2D eigenvalue weighted by molar-refractivity contribution is -0.155. The zero-order valence-electron chi connectivity index (χ0n) is 9.71. The van der Waals surface area contributed by atoms with E-state index in [1.807, 2.05) is 20.8 Å². The van der Waals surface area contributed by atoms with E-state index in [2.05, 4.69) is 0 Å². The second-order valence-corrected chi connectivity index (χ2v) is 4.82. The quantitative estimate of drug-likeness (QED) is 0.665. The molecule has 0 bridgehead atoms. The fourth-order valence-electron chi connectivity index (χ4n) is 1.56. The first kappa shape index (κ1) is 12.0. The van der Waals surface area contributed by atoms with Crippen LogP contribution in [0.3, 0.4) is 0 Å². The third-order valence-corrected chi connectivity index (χ3v) is 2.18. The lowest BCUT2D eigenvalue weighted by Crippen LogP contribution is -2.30. The van der Waals surface area contributed by atoms with Crippen LogP contribution < -0.4 is 0 Å². The number of amides is 1. The van der Waals surface area contributed by atoms with E-state index in [0.29, 0.717) is 19.4 Å². The van der Waals surface area contributed by atoms with Crippen LogP contribution in [0.15, 0.2) is 0 Å². The molecule has 0 unspecified atom stereocenters. The molecular formula is C11H19NO3. The molecule has 0 radical (unpaired) electrons. The SMILES string of the molecule is CC(C)(C)OC(=O)CCN1CCCC1=O. The second-order valence-electron chi connectivity index (χ2n) is 4.82. The summed E-state index contributed by atoms with van der Waals surface area (Å²) in [4.78, 5) is 24.3. The number of rotatable bonds is 3. The van der Waals surface area contributed by atoms with Crippen molar-refractivity contribution in [1.82, 2.24) is 4.90 Å². The first-order valence-corrected chi connectivity index (χ1v) is 5.38. The lowest BCUT2D eigenvalue weighted by Gasteiger charge is -2.21. The fourth-order valence-corrected chi connectivity index (χ4v) is 1.56. The van der Waals surface area contributed by atoms with Crippen molar-refractivity contribution in [3.63, 3.8) is 0 Å². The molecule has 1 rings (SSSR count). The highest BCUT2D eigenvalue weighted by Crippen LogP contribution is 2.12. The van der Waals surface area contributed by atoms with E-state index in [1.54, 1.807) is 4.90 Å². The number of ether oxygens (including phenoxy) is 1. The van der Waals surface area contributed by atoms with Crippen LogP contribution in [0, 0.1) is 0 Å². The maximum Gasteiger partial charge on any atom is 0.308 e. The van der Waals surface area contributed by atoms with Crippen molar-refractivity contribution in [3.05, 3.63) is 0 Å². The molecule has 1 fully saturated rings. The zero-order valence-corrected chi connectivity index (χ0v) is 9.71. The van der Waals surface area contributed by atoms with Crippen molar-refractivity contribution in [2.24, 2.45) is 0 Å². The number of hydrogen-bond acceptors (Lipinski definition) is 3. The second kappa shape index (κ2) is 4.64. The summed E-state index contributed by atoms with van der Waals surface area (Å²) in [6.45, 7) is 6.79. The molecule has 0 aromatic heterocycles. The Hall–Kier alpha value is -1.06. The molecule has 4 nitrogen and oxygen atoms in total. The van der Waals surface area contributed by atoms with Gasteiger partial charge in [0.05, 0.1) is 6.42 Å². The smallest absolute Gasteiger partial charge is 0.308 e. The molecular weight excluding hydrogens is 194 g/mol. The third-order valence-electron chi connectivity index (χ3n) is 2.18. The van der Waals surface area contributed by atoms with Gasteiger partial charge in [0.15, 0.2) is 0 Å². The number of likely N-dealkylation sites (tertiary alicyclic amines) is 1. The van der Waals surface area contributed by atoms with Gasteiger partial charge in [-0.2, -0.15) is 0 Å². The zero-order chi connectivity index (χ0) is 11.5. The first-order valence-electron chi connectivity index (χ1n) is 5.38. The molecule has 1 amide bonds. The van der Waals surface area contributed by atoms with Gasteiger partial charge in [-0.3, -0.25) is 9.59 Å². The maximum absolute atomic E-state index is 11.4. The van der Waals surface area contributed by atoms with Crippen LogP contribution in [0.5, 0.6) is 0 Å². The number of carbonyl (C=O) groups excluding carboxylic acids is 2. The minimum Gasteiger partial charge on any atom is -0.460 e. The van der Waals surface area contributed by atoms with Crippen LogP contribution >= 0.6 is 0 Å². The molecule has 0 aromatic carbocycles. The Morgan fingerprint density at radius 1 is 1.47 bits per heavy atom. The first-order chi connectivity index (χ1) is 6.88. The summed E-state index contributed by atoms with van der Waals surface area (Å²) in [5.41, 5.74) is -0.438. The monoisotopic (exact) mass is 213 g/mol. The molecule has 1 heterocycles. The highest BCUT2D eigenvalue weighted by atomic mass is 16.6. The Balaban J connectivity index is 2.25. The number of nitrogens with zero attached hydrogens (tertiary/aromatic N) is 1. The predicted octanol–water partition coefficient (Wildman–Crippen LogP) is 1.34. The minimum absolute atomic E-state index is 0.151. The molecule has 1 aliphatic rings. The average Bonchev–Trinajstić information content (AvgIpc) is 2.44. The summed E-state index contributed by atoms with van der Waals surface area (Å²) >= 11 is 0. The Morgan fingerprint density at radius 2 is 2.13 bits per heavy atom. The van der Waals surface area contributed by atoms with Crippen molar-refractivity contribution < 1.29 is 14.3 Å². The van der Waals surface area contributed by atoms with E-state index >= 15 is 0 Å². The van der Waals surface area contributed by atoms with Crippen LogP contribution in [-0.4, -0.2) is 35.5 Å². The lowest BCUT2D eigenvalue weighted by atomic mass is 10.2. The van der Waals surface area contributed by atoms with Gasteiger partial charge in [-0.1, -0.05) is 0 Å². The normalized spacial score (nSPS) is 17.0. The van der Waals surface area contributed by atoms with Gasteiger partial charge in [-0.25, -0.2) is 0 Å². The Labute approximate surface area is 90.6 Å². The molecule has 0 N–H and O–H groups in total.